The lowest BCUT2D eigenvalue weighted by Crippen LogP contribution is -2.15. The van der Waals surface area contributed by atoms with Gasteiger partial charge in [0, 0.05) is 12.6 Å². The highest BCUT2D eigenvalue weighted by molar-refractivity contribution is 5.25. The third kappa shape index (κ3) is 2.87. The van der Waals surface area contributed by atoms with Crippen LogP contribution in [0.1, 0.15) is 24.1 Å². The molecule has 0 radical (unpaired) electrons. The molecule has 0 unspecified atom stereocenters. The molecule has 0 atom stereocenters. The van der Waals surface area contributed by atoms with Crippen molar-refractivity contribution in [3.8, 4) is 5.75 Å². The first-order valence-corrected chi connectivity index (χ1v) is 6.20. The Morgan fingerprint density at radius 3 is 2.78 bits per heavy atom. The van der Waals surface area contributed by atoms with Crippen molar-refractivity contribution >= 4 is 0 Å². The number of aromatic nitrogens is 3. The van der Waals surface area contributed by atoms with Crippen molar-refractivity contribution in [2.75, 3.05) is 0 Å². The molecular weight excluding hydrogens is 228 g/mol. The van der Waals surface area contributed by atoms with E-state index in [2.05, 4.69) is 15.6 Å². The molecule has 2 N–H and O–H groups in total. The van der Waals surface area contributed by atoms with Crippen molar-refractivity contribution < 1.29 is 5.11 Å². The van der Waals surface area contributed by atoms with E-state index in [0.717, 1.165) is 17.8 Å². The van der Waals surface area contributed by atoms with Crippen molar-refractivity contribution in [2.45, 2.75) is 32.0 Å². The predicted molar refractivity (Wildman–Crippen MR) is 67.1 cm³/mol. The van der Waals surface area contributed by atoms with Gasteiger partial charge in [0.25, 0.3) is 0 Å². The second-order valence-electron chi connectivity index (χ2n) is 4.73. The van der Waals surface area contributed by atoms with Crippen molar-refractivity contribution in [1.29, 1.82) is 0 Å². The van der Waals surface area contributed by atoms with E-state index in [0.29, 0.717) is 12.6 Å². The fourth-order valence-electron chi connectivity index (χ4n) is 1.82. The number of nitrogens with zero attached hydrogens (tertiary/aromatic N) is 3. The lowest BCUT2D eigenvalue weighted by molar-refractivity contribution is 0.475. The van der Waals surface area contributed by atoms with Crippen LogP contribution in [0.5, 0.6) is 5.75 Å². The average Bonchev–Trinajstić information content (AvgIpc) is 3.10. The Hall–Kier alpha value is -1.88. The van der Waals surface area contributed by atoms with E-state index in [1.807, 2.05) is 23.0 Å². The van der Waals surface area contributed by atoms with Gasteiger partial charge in [-0.05, 0) is 30.5 Å². The largest absolute Gasteiger partial charge is 0.508 e. The summed E-state index contributed by atoms with van der Waals surface area (Å²) in [5.41, 5.74) is 2.07. The highest BCUT2D eigenvalue weighted by atomic mass is 16.3. The molecule has 3 rings (SSSR count). The number of benzene rings is 1. The van der Waals surface area contributed by atoms with Crippen LogP contribution in [-0.2, 0) is 13.1 Å². The van der Waals surface area contributed by atoms with Gasteiger partial charge in [0.2, 0.25) is 0 Å². The van der Waals surface area contributed by atoms with Crippen LogP contribution < -0.4 is 5.32 Å². The SMILES string of the molecule is Oc1ccc(Cn2cc(CNC3CC3)nn2)cc1. The van der Waals surface area contributed by atoms with E-state index >= 15 is 0 Å². The number of aromatic hydroxyl groups is 1. The van der Waals surface area contributed by atoms with Gasteiger partial charge < -0.3 is 10.4 Å². The van der Waals surface area contributed by atoms with Crippen LogP contribution >= 0.6 is 0 Å². The van der Waals surface area contributed by atoms with Crippen LogP contribution in [0.2, 0.25) is 0 Å². The second kappa shape index (κ2) is 4.78. The van der Waals surface area contributed by atoms with E-state index < -0.39 is 0 Å². The van der Waals surface area contributed by atoms with Gasteiger partial charge in [0.15, 0.2) is 0 Å². The number of nitrogens with one attached hydrogen (secondary N) is 1. The summed E-state index contributed by atoms with van der Waals surface area (Å²) in [6, 6.07) is 7.83. The summed E-state index contributed by atoms with van der Waals surface area (Å²) in [5.74, 6) is 0.284. The fraction of sp³-hybridized carbons (Fsp3) is 0.385. The topological polar surface area (TPSA) is 63.0 Å². The summed E-state index contributed by atoms with van der Waals surface area (Å²) in [6.07, 6.45) is 4.52. The molecule has 1 saturated carbocycles. The molecule has 5 nitrogen and oxygen atoms in total. The lowest BCUT2D eigenvalue weighted by atomic mass is 10.2. The highest BCUT2D eigenvalue weighted by Crippen LogP contribution is 2.19. The Balaban J connectivity index is 1.60. The van der Waals surface area contributed by atoms with Gasteiger partial charge in [0.05, 0.1) is 18.4 Å². The Morgan fingerprint density at radius 1 is 1.28 bits per heavy atom. The summed E-state index contributed by atoms with van der Waals surface area (Å²) < 4.78 is 1.82. The summed E-state index contributed by atoms with van der Waals surface area (Å²) >= 11 is 0. The Kier molecular flexibility index (Phi) is 2.98. The van der Waals surface area contributed by atoms with Gasteiger partial charge in [-0.3, -0.25) is 0 Å². The molecule has 18 heavy (non-hydrogen) atoms. The normalized spacial score (nSPS) is 14.9. The van der Waals surface area contributed by atoms with Crippen LogP contribution in [0, 0.1) is 0 Å². The van der Waals surface area contributed by atoms with E-state index in [9.17, 15) is 5.11 Å². The zero-order valence-electron chi connectivity index (χ0n) is 10.1. The molecule has 2 aromatic rings. The number of phenols is 1. The summed E-state index contributed by atoms with van der Waals surface area (Å²) in [5, 5.41) is 20.8. The summed E-state index contributed by atoms with van der Waals surface area (Å²) in [7, 11) is 0. The molecule has 5 heteroatoms. The molecule has 0 amide bonds. The molecule has 1 fully saturated rings. The number of phenolic OH excluding ortho intramolecular Hbond substituents is 1. The first-order chi connectivity index (χ1) is 8.79. The minimum Gasteiger partial charge on any atom is -0.508 e. The third-order valence-corrected chi connectivity index (χ3v) is 3.02. The van der Waals surface area contributed by atoms with Crippen molar-refractivity contribution in [3.05, 3.63) is 41.7 Å². The Bertz CT molecular complexity index is 516. The van der Waals surface area contributed by atoms with E-state index in [1.54, 1.807) is 12.1 Å². The molecule has 1 aromatic carbocycles. The van der Waals surface area contributed by atoms with Gasteiger partial charge >= 0.3 is 0 Å². The molecule has 0 bridgehead atoms. The van der Waals surface area contributed by atoms with Crippen molar-refractivity contribution in [1.82, 2.24) is 20.3 Å². The van der Waals surface area contributed by atoms with Crippen molar-refractivity contribution in [3.63, 3.8) is 0 Å². The van der Waals surface area contributed by atoms with Crippen LogP contribution in [0.15, 0.2) is 30.5 Å². The predicted octanol–water partition coefficient (Wildman–Crippen LogP) is 1.28. The molecule has 1 aliphatic rings. The zero-order chi connectivity index (χ0) is 12.4. The maximum absolute atomic E-state index is 9.21. The zero-order valence-corrected chi connectivity index (χ0v) is 10.1. The maximum atomic E-state index is 9.21. The van der Waals surface area contributed by atoms with Gasteiger partial charge in [0.1, 0.15) is 5.75 Å². The molecule has 1 heterocycles. The van der Waals surface area contributed by atoms with Crippen LogP contribution in [0.25, 0.3) is 0 Å². The first-order valence-electron chi connectivity index (χ1n) is 6.20. The molecule has 0 saturated heterocycles. The first kappa shape index (κ1) is 11.2. The number of rotatable bonds is 5. The standard InChI is InChI=1S/C13H16N4O/c18-13-5-1-10(2-6-13)8-17-9-12(15-16-17)7-14-11-3-4-11/h1-2,5-6,9,11,14,18H,3-4,7-8H2. The molecule has 94 valence electrons. The van der Waals surface area contributed by atoms with E-state index in [1.165, 1.54) is 12.8 Å². The van der Waals surface area contributed by atoms with Gasteiger partial charge in [-0.1, -0.05) is 17.3 Å². The molecule has 1 aliphatic carbocycles. The highest BCUT2D eigenvalue weighted by Gasteiger charge is 2.20. The number of hydrogen-bond acceptors (Lipinski definition) is 4. The van der Waals surface area contributed by atoms with Gasteiger partial charge in [-0.2, -0.15) is 0 Å². The van der Waals surface area contributed by atoms with Crippen molar-refractivity contribution in [2.24, 2.45) is 0 Å². The van der Waals surface area contributed by atoms with Crippen LogP contribution in [0.3, 0.4) is 0 Å². The second-order valence-corrected chi connectivity index (χ2v) is 4.73. The molecular formula is C13H16N4O. The molecule has 0 aliphatic heterocycles. The lowest BCUT2D eigenvalue weighted by Gasteiger charge is -2.00. The van der Waals surface area contributed by atoms with Crippen LogP contribution in [0.4, 0.5) is 0 Å². The Morgan fingerprint density at radius 2 is 2.06 bits per heavy atom. The molecule has 1 aromatic heterocycles. The maximum Gasteiger partial charge on any atom is 0.115 e. The minimum atomic E-state index is 0.284. The van der Waals surface area contributed by atoms with Gasteiger partial charge in [-0.15, -0.1) is 5.10 Å². The quantitative estimate of drug-likeness (QED) is 0.831. The Labute approximate surface area is 105 Å². The summed E-state index contributed by atoms with van der Waals surface area (Å²) in [6.45, 7) is 1.47. The minimum absolute atomic E-state index is 0.284. The van der Waals surface area contributed by atoms with Gasteiger partial charge in [-0.25, -0.2) is 4.68 Å². The monoisotopic (exact) mass is 244 g/mol. The van der Waals surface area contributed by atoms with Crippen LogP contribution in [-0.4, -0.2) is 26.1 Å². The van der Waals surface area contributed by atoms with E-state index in [4.69, 9.17) is 0 Å². The molecule has 0 spiro atoms. The average molecular weight is 244 g/mol. The number of hydrogen-bond donors (Lipinski definition) is 2. The fourth-order valence-corrected chi connectivity index (χ4v) is 1.82. The third-order valence-electron chi connectivity index (χ3n) is 3.02. The van der Waals surface area contributed by atoms with E-state index in [-0.39, 0.29) is 5.75 Å². The summed E-state index contributed by atoms with van der Waals surface area (Å²) in [4.78, 5) is 0. The smallest absolute Gasteiger partial charge is 0.115 e.